The largest absolute Gasteiger partial charge is 0.496 e. The number of thioether (sulfide) groups is 1. The number of hydrogen-bond donors (Lipinski definition) is 0. The van der Waals surface area contributed by atoms with E-state index in [-0.39, 0.29) is 0 Å². The number of ether oxygens (including phenoxy) is 2. The molecule has 0 saturated heterocycles. The van der Waals surface area contributed by atoms with Gasteiger partial charge in [-0.05, 0) is 18.4 Å². The van der Waals surface area contributed by atoms with Crippen molar-refractivity contribution in [3.05, 3.63) is 23.8 Å². The zero-order valence-corrected chi connectivity index (χ0v) is 10.2. The molecule has 0 saturated carbocycles. The summed E-state index contributed by atoms with van der Waals surface area (Å²) in [6.07, 6.45) is 1.98. The molecule has 0 aromatic heterocycles. The molecule has 4 heteroatoms. The SMILES string of the molecule is CN=C(SC)c1c(OC)cccc1OC. The van der Waals surface area contributed by atoms with Crippen molar-refractivity contribution in [3.63, 3.8) is 0 Å². The third kappa shape index (κ3) is 2.45. The van der Waals surface area contributed by atoms with Gasteiger partial charge in [0.25, 0.3) is 0 Å². The van der Waals surface area contributed by atoms with Crippen LogP contribution in [0.15, 0.2) is 23.2 Å². The van der Waals surface area contributed by atoms with Crippen molar-refractivity contribution in [2.24, 2.45) is 4.99 Å². The first-order valence-corrected chi connectivity index (χ1v) is 5.73. The summed E-state index contributed by atoms with van der Waals surface area (Å²) in [4.78, 5) is 4.21. The predicted molar refractivity (Wildman–Crippen MR) is 65.5 cm³/mol. The average molecular weight is 225 g/mol. The lowest BCUT2D eigenvalue weighted by atomic mass is 10.2. The zero-order chi connectivity index (χ0) is 11.3. The molecule has 0 unspecified atom stereocenters. The van der Waals surface area contributed by atoms with Gasteiger partial charge in [0.15, 0.2) is 0 Å². The number of aliphatic imine (C=N–C) groups is 1. The van der Waals surface area contributed by atoms with E-state index in [4.69, 9.17) is 9.47 Å². The highest BCUT2D eigenvalue weighted by Crippen LogP contribution is 2.31. The highest BCUT2D eigenvalue weighted by atomic mass is 32.2. The molecular formula is C11H15NO2S. The van der Waals surface area contributed by atoms with Gasteiger partial charge in [-0.15, -0.1) is 11.8 Å². The molecular weight excluding hydrogens is 210 g/mol. The fourth-order valence-electron chi connectivity index (χ4n) is 1.37. The molecule has 0 radical (unpaired) electrons. The van der Waals surface area contributed by atoms with E-state index in [0.717, 1.165) is 22.1 Å². The third-order valence-corrected chi connectivity index (χ3v) is 2.81. The Labute approximate surface area is 94.5 Å². The lowest BCUT2D eigenvalue weighted by molar-refractivity contribution is 0.393. The van der Waals surface area contributed by atoms with E-state index in [2.05, 4.69) is 4.99 Å². The van der Waals surface area contributed by atoms with Crippen molar-refractivity contribution < 1.29 is 9.47 Å². The van der Waals surface area contributed by atoms with Gasteiger partial charge in [-0.2, -0.15) is 0 Å². The summed E-state index contributed by atoms with van der Waals surface area (Å²) >= 11 is 1.57. The standard InChI is InChI=1S/C11H15NO2S/c1-12-11(15-4)10-8(13-2)6-5-7-9(10)14-3/h5-7H,1-4H3. The molecule has 3 nitrogen and oxygen atoms in total. The summed E-state index contributed by atoms with van der Waals surface area (Å²) in [6, 6.07) is 5.70. The Balaban J connectivity index is 3.33. The molecule has 0 aliphatic carbocycles. The van der Waals surface area contributed by atoms with Crippen LogP contribution in [-0.2, 0) is 0 Å². The number of rotatable bonds is 3. The number of nitrogens with zero attached hydrogens (tertiary/aromatic N) is 1. The third-order valence-electron chi connectivity index (χ3n) is 2.04. The highest BCUT2D eigenvalue weighted by molar-refractivity contribution is 8.13. The quantitative estimate of drug-likeness (QED) is 0.585. The van der Waals surface area contributed by atoms with E-state index in [1.54, 1.807) is 33.0 Å². The second kappa shape index (κ2) is 5.66. The van der Waals surface area contributed by atoms with E-state index in [9.17, 15) is 0 Å². The summed E-state index contributed by atoms with van der Waals surface area (Å²) < 4.78 is 10.6. The molecule has 82 valence electrons. The van der Waals surface area contributed by atoms with Gasteiger partial charge in [-0.3, -0.25) is 4.99 Å². The molecule has 15 heavy (non-hydrogen) atoms. The van der Waals surface area contributed by atoms with Crippen LogP contribution < -0.4 is 9.47 Å². The van der Waals surface area contributed by atoms with Crippen molar-refractivity contribution in [1.82, 2.24) is 0 Å². The summed E-state index contributed by atoms with van der Waals surface area (Å²) in [5.74, 6) is 1.56. The Hall–Kier alpha value is -1.16. The van der Waals surface area contributed by atoms with Crippen LogP contribution in [0.4, 0.5) is 0 Å². The molecule has 1 rings (SSSR count). The van der Waals surface area contributed by atoms with Crippen LogP contribution >= 0.6 is 11.8 Å². The fourth-order valence-corrected chi connectivity index (χ4v) is 1.96. The van der Waals surface area contributed by atoms with Crippen LogP contribution in [0.3, 0.4) is 0 Å². The average Bonchev–Trinajstić information content (AvgIpc) is 2.30. The molecule has 0 fully saturated rings. The Morgan fingerprint density at radius 3 is 2.07 bits per heavy atom. The van der Waals surface area contributed by atoms with Crippen molar-refractivity contribution >= 4 is 16.8 Å². The molecule has 0 heterocycles. The highest BCUT2D eigenvalue weighted by Gasteiger charge is 2.14. The van der Waals surface area contributed by atoms with E-state index in [1.807, 2.05) is 24.5 Å². The van der Waals surface area contributed by atoms with Gasteiger partial charge in [-0.25, -0.2) is 0 Å². The van der Waals surface area contributed by atoms with Gasteiger partial charge >= 0.3 is 0 Å². The minimum Gasteiger partial charge on any atom is -0.496 e. The molecule has 0 amide bonds. The van der Waals surface area contributed by atoms with Gasteiger partial charge in [0.1, 0.15) is 16.5 Å². The first-order chi connectivity index (χ1) is 7.28. The van der Waals surface area contributed by atoms with Crippen molar-refractivity contribution in [3.8, 4) is 11.5 Å². The molecule has 1 aromatic carbocycles. The maximum absolute atomic E-state index is 5.30. The number of methoxy groups -OCH3 is 2. The van der Waals surface area contributed by atoms with Crippen molar-refractivity contribution in [2.45, 2.75) is 0 Å². The van der Waals surface area contributed by atoms with Gasteiger partial charge in [-0.1, -0.05) is 6.07 Å². The molecule has 0 atom stereocenters. The minimum atomic E-state index is 0.782. The lowest BCUT2D eigenvalue weighted by Crippen LogP contribution is -2.02. The Morgan fingerprint density at radius 1 is 1.20 bits per heavy atom. The maximum atomic E-state index is 5.30. The molecule has 0 aliphatic rings. The van der Waals surface area contributed by atoms with Crippen LogP contribution in [0.1, 0.15) is 5.56 Å². The molecule has 1 aromatic rings. The Kier molecular flexibility index (Phi) is 4.49. The van der Waals surface area contributed by atoms with Crippen molar-refractivity contribution in [2.75, 3.05) is 27.5 Å². The van der Waals surface area contributed by atoms with E-state index >= 15 is 0 Å². The topological polar surface area (TPSA) is 30.8 Å². The van der Waals surface area contributed by atoms with Crippen LogP contribution in [0.5, 0.6) is 11.5 Å². The smallest absolute Gasteiger partial charge is 0.132 e. The second-order valence-corrected chi connectivity index (χ2v) is 3.57. The van der Waals surface area contributed by atoms with Crippen molar-refractivity contribution in [1.29, 1.82) is 0 Å². The number of hydrogen-bond acceptors (Lipinski definition) is 4. The molecule has 0 N–H and O–H groups in total. The van der Waals surface area contributed by atoms with Crippen LogP contribution in [0.25, 0.3) is 0 Å². The Morgan fingerprint density at radius 2 is 1.73 bits per heavy atom. The minimum absolute atomic E-state index is 0.782. The van der Waals surface area contributed by atoms with Crippen LogP contribution in [0.2, 0.25) is 0 Å². The monoisotopic (exact) mass is 225 g/mol. The first-order valence-electron chi connectivity index (χ1n) is 4.50. The fraction of sp³-hybridized carbons (Fsp3) is 0.364. The summed E-state index contributed by atoms with van der Waals surface area (Å²) in [7, 11) is 5.05. The lowest BCUT2D eigenvalue weighted by Gasteiger charge is -2.13. The summed E-state index contributed by atoms with van der Waals surface area (Å²) in [5.41, 5.74) is 0.914. The van der Waals surface area contributed by atoms with Crippen LogP contribution in [-0.4, -0.2) is 32.6 Å². The van der Waals surface area contributed by atoms with E-state index in [1.165, 1.54) is 0 Å². The Bertz CT molecular complexity index is 341. The summed E-state index contributed by atoms with van der Waals surface area (Å²) in [6.45, 7) is 0. The summed E-state index contributed by atoms with van der Waals surface area (Å²) in [5, 5.41) is 0.907. The van der Waals surface area contributed by atoms with Gasteiger partial charge in [0, 0.05) is 7.05 Å². The van der Waals surface area contributed by atoms with Crippen LogP contribution in [0, 0.1) is 0 Å². The zero-order valence-electron chi connectivity index (χ0n) is 9.40. The maximum Gasteiger partial charge on any atom is 0.132 e. The molecule has 0 aliphatic heterocycles. The molecule has 0 spiro atoms. The van der Waals surface area contributed by atoms with E-state index < -0.39 is 0 Å². The number of benzene rings is 1. The normalized spacial score (nSPS) is 11.3. The van der Waals surface area contributed by atoms with Gasteiger partial charge in [0.05, 0.1) is 19.8 Å². The molecule has 0 bridgehead atoms. The second-order valence-electron chi connectivity index (χ2n) is 2.77. The predicted octanol–water partition coefficient (Wildman–Crippen LogP) is 2.44. The first kappa shape index (κ1) is 11.9. The van der Waals surface area contributed by atoms with Gasteiger partial charge < -0.3 is 9.47 Å². The van der Waals surface area contributed by atoms with Gasteiger partial charge in [0.2, 0.25) is 0 Å². The van der Waals surface area contributed by atoms with E-state index in [0.29, 0.717) is 0 Å².